The number of rotatable bonds is 5. The van der Waals surface area contributed by atoms with E-state index in [0.717, 1.165) is 5.56 Å². The lowest BCUT2D eigenvalue weighted by atomic mass is 10.2. The fourth-order valence-corrected chi connectivity index (χ4v) is 1.44. The third-order valence-electron chi connectivity index (χ3n) is 2.12. The van der Waals surface area contributed by atoms with E-state index in [1.165, 1.54) is 0 Å². The average Bonchev–Trinajstić information content (AvgIpc) is 2.78. The first kappa shape index (κ1) is 12.5. The number of carboxylic acid groups (broad SMARTS) is 1. The summed E-state index contributed by atoms with van der Waals surface area (Å²) >= 11 is 5.77. The summed E-state index contributed by atoms with van der Waals surface area (Å²) in [6, 6.07) is 6.99. The molecule has 6 nitrogen and oxygen atoms in total. The fraction of sp³-hybridized carbons (Fsp3) is 0.182. The third-order valence-corrected chi connectivity index (χ3v) is 2.37. The van der Waals surface area contributed by atoms with Gasteiger partial charge in [0, 0.05) is 10.6 Å². The summed E-state index contributed by atoms with van der Waals surface area (Å²) in [4.78, 5) is 14.4. The number of benzene rings is 1. The Morgan fingerprint density at radius 2 is 2.11 bits per heavy atom. The zero-order valence-electron chi connectivity index (χ0n) is 9.26. The number of hydrogen-bond donors (Lipinski definition) is 2. The molecule has 0 aliphatic carbocycles. The van der Waals surface area contributed by atoms with Crippen LogP contribution in [0.25, 0.3) is 11.5 Å². The van der Waals surface area contributed by atoms with Gasteiger partial charge in [0.2, 0.25) is 0 Å². The van der Waals surface area contributed by atoms with Gasteiger partial charge in [0.1, 0.15) is 0 Å². The Balaban J connectivity index is 2.01. The lowest BCUT2D eigenvalue weighted by molar-refractivity contribution is -0.136. The molecule has 0 atom stereocenters. The van der Waals surface area contributed by atoms with Crippen LogP contribution in [-0.2, 0) is 11.3 Å². The van der Waals surface area contributed by atoms with Crippen molar-refractivity contribution in [2.75, 3.05) is 6.54 Å². The Kier molecular flexibility index (Phi) is 3.91. The highest BCUT2D eigenvalue weighted by Crippen LogP contribution is 2.19. The van der Waals surface area contributed by atoms with Crippen molar-refractivity contribution in [3.63, 3.8) is 0 Å². The van der Waals surface area contributed by atoms with Gasteiger partial charge in [-0.25, -0.2) is 0 Å². The van der Waals surface area contributed by atoms with Crippen LogP contribution < -0.4 is 5.32 Å². The van der Waals surface area contributed by atoms with Crippen LogP contribution in [0.5, 0.6) is 0 Å². The molecule has 0 aliphatic heterocycles. The molecule has 0 unspecified atom stereocenters. The van der Waals surface area contributed by atoms with E-state index in [2.05, 4.69) is 15.5 Å². The van der Waals surface area contributed by atoms with Crippen molar-refractivity contribution in [3.8, 4) is 11.5 Å². The van der Waals surface area contributed by atoms with Gasteiger partial charge < -0.3 is 9.63 Å². The predicted octanol–water partition coefficient (Wildman–Crippen LogP) is 1.56. The monoisotopic (exact) mass is 267 g/mol. The second-order valence-corrected chi connectivity index (χ2v) is 3.96. The van der Waals surface area contributed by atoms with Crippen LogP contribution in [0, 0.1) is 0 Å². The normalized spacial score (nSPS) is 10.5. The smallest absolute Gasteiger partial charge is 0.317 e. The second-order valence-electron chi connectivity index (χ2n) is 3.52. The standard InChI is InChI=1S/C11H10ClN3O3/c12-8-3-1-7(2-4-8)11-14-9(15-18-11)5-13-6-10(16)17/h1-4,13H,5-6H2,(H,16,17). The topological polar surface area (TPSA) is 88.2 Å². The molecule has 0 spiro atoms. The number of carboxylic acids is 1. The third kappa shape index (κ3) is 3.28. The lowest BCUT2D eigenvalue weighted by Crippen LogP contribution is -2.22. The summed E-state index contributed by atoms with van der Waals surface area (Å²) in [7, 11) is 0. The number of nitrogens with one attached hydrogen (secondary N) is 1. The van der Waals surface area contributed by atoms with E-state index < -0.39 is 5.97 Å². The molecule has 0 bridgehead atoms. The molecule has 2 aromatic rings. The van der Waals surface area contributed by atoms with Gasteiger partial charge >= 0.3 is 5.97 Å². The lowest BCUT2D eigenvalue weighted by Gasteiger charge is -1.95. The van der Waals surface area contributed by atoms with Gasteiger partial charge in [-0.05, 0) is 24.3 Å². The highest BCUT2D eigenvalue weighted by atomic mass is 35.5. The molecule has 18 heavy (non-hydrogen) atoms. The summed E-state index contributed by atoms with van der Waals surface area (Å²) in [6.07, 6.45) is 0. The maximum Gasteiger partial charge on any atom is 0.317 e. The number of nitrogens with zero attached hydrogens (tertiary/aromatic N) is 2. The summed E-state index contributed by atoms with van der Waals surface area (Å²) in [5, 5.41) is 15.5. The van der Waals surface area contributed by atoms with Crippen LogP contribution in [0.4, 0.5) is 0 Å². The molecule has 0 amide bonds. The summed E-state index contributed by atoms with van der Waals surface area (Å²) < 4.78 is 5.06. The zero-order chi connectivity index (χ0) is 13.0. The van der Waals surface area contributed by atoms with Gasteiger partial charge in [-0.15, -0.1) is 0 Å². The van der Waals surface area contributed by atoms with Gasteiger partial charge in [0.05, 0.1) is 13.1 Å². The number of hydrogen-bond acceptors (Lipinski definition) is 5. The molecule has 2 rings (SSSR count). The molecule has 0 saturated carbocycles. The summed E-state index contributed by atoms with van der Waals surface area (Å²) in [6.45, 7) is 0.0915. The van der Waals surface area contributed by atoms with Gasteiger partial charge in [-0.2, -0.15) is 4.98 Å². The molecular weight excluding hydrogens is 258 g/mol. The molecule has 94 valence electrons. The van der Waals surface area contributed by atoms with E-state index in [-0.39, 0.29) is 13.1 Å². The highest BCUT2D eigenvalue weighted by molar-refractivity contribution is 6.30. The molecule has 0 radical (unpaired) electrons. The Labute approximate surface area is 108 Å². The molecular formula is C11H10ClN3O3. The first-order valence-electron chi connectivity index (χ1n) is 5.16. The Morgan fingerprint density at radius 3 is 2.78 bits per heavy atom. The number of halogens is 1. The van der Waals surface area contributed by atoms with E-state index in [1.807, 2.05) is 0 Å². The molecule has 7 heteroatoms. The number of carbonyl (C=O) groups is 1. The van der Waals surface area contributed by atoms with Crippen molar-refractivity contribution in [2.45, 2.75) is 6.54 Å². The molecule has 1 heterocycles. The largest absolute Gasteiger partial charge is 0.480 e. The average molecular weight is 268 g/mol. The zero-order valence-corrected chi connectivity index (χ0v) is 10.0. The van der Waals surface area contributed by atoms with Crippen molar-refractivity contribution in [3.05, 3.63) is 35.1 Å². The van der Waals surface area contributed by atoms with Crippen molar-refractivity contribution in [2.24, 2.45) is 0 Å². The van der Waals surface area contributed by atoms with Gasteiger partial charge in [-0.3, -0.25) is 10.1 Å². The van der Waals surface area contributed by atoms with E-state index in [0.29, 0.717) is 16.7 Å². The minimum atomic E-state index is -0.934. The molecule has 1 aromatic carbocycles. The van der Waals surface area contributed by atoms with Gasteiger partial charge in [0.25, 0.3) is 5.89 Å². The van der Waals surface area contributed by atoms with Crippen LogP contribution in [0.2, 0.25) is 5.02 Å². The quantitative estimate of drug-likeness (QED) is 0.855. The van der Waals surface area contributed by atoms with Gasteiger partial charge in [0.15, 0.2) is 5.82 Å². The summed E-state index contributed by atoms with van der Waals surface area (Å²) in [5.74, 6) is -0.156. The van der Waals surface area contributed by atoms with Crippen LogP contribution in [-0.4, -0.2) is 27.8 Å². The fourth-order valence-electron chi connectivity index (χ4n) is 1.32. The molecule has 1 aromatic heterocycles. The van der Waals surface area contributed by atoms with Crippen molar-refractivity contribution in [1.29, 1.82) is 0 Å². The van der Waals surface area contributed by atoms with E-state index >= 15 is 0 Å². The predicted molar refractivity (Wildman–Crippen MR) is 64.1 cm³/mol. The summed E-state index contributed by atoms with van der Waals surface area (Å²) in [5.41, 5.74) is 0.761. The van der Waals surface area contributed by atoms with Crippen LogP contribution in [0.1, 0.15) is 5.82 Å². The first-order valence-corrected chi connectivity index (χ1v) is 5.54. The Hall–Kier alpha value is -1.92. The number of aromatic nitrogens is 2. The minimum Gasteiger partial charge on any atom is -0.480 e. The van der Waals surface area contributed by atoms with E-state index in [9.17, 15) is 4.79 Å². The van der Waals surface area contributed by atoms with Crippen LogP contribution in [0.15, 0.2) is 28.8 Å². The van der Waals surface area contributed by atoms with Crippen molar-refractivity contribution >= 4 is 17.6 Å². The van der Waals surface area contributed by atoms with Crippen LogP contribution in [0.3, 0.4) is 0 Å². The van der Waals surface area contributed by atoms with Crippen LogP contribution >= 0.6 is 11.6 Å². The Morgan fingerprint density at radius 1 is 1.39 bits per heavy atom. The second kappa shape index (κ2) is 5.61. The van der Waals surface area contributed by atoms with Crippen molar-refractivity contribution < 1.29 is 14.4 Å². The van der Waals surface area contributed by atoms with Crippen molar-refractivity contribution in [1.82, 2.24) is 15.5 Å². The highest BCUT2D eigenvalue weighted by Gasteiger charge is 2.08. The first-order chi connectivity index (χ1) is 8.65. The van der Waals surface area contributed by atoms with E-state index in [1.54, 1.807) is 24.3 Å². The number of aliphatic carboxylic acids is 1. The minimum absolute atomic E-state index is 0.148. The maximum absolute atomic E-state index is 10.3. The molecule has 0 saturated heterocycles. The SMILES string of the molecule is O=C(O)CNCc1noc(-c2ccc(Cl)cc2)n1. The van der Waals surface area contributed by atoms with Gasteiger partial charge in [-0.1, -0.05) is 16.8 Å². The molecule has 2 N–H and O–H groups in total. The maximum atomic E-state index is 10.3. The molecule has 0 aliphatic rings. The van der Waals surface area contributed by atoms with E-state index in [4.69, 9.17) is 21.2 Å². The molecule has 0 fully saturated rings. The Bertz CT molecular complexity index is 539.